The molecule has 28 rings (SSSR count). The van der Waals surface area contributed by atoms with E-state index in [0.717, 1.165) is 216 Å². The van der Waals surface area contributed by atoms with Gasteiger partial charge in [0.25, 0.3) is 0 Å². The minimum Gasteiger partial charge on any atom is -0.292 e. The highest BCUT2D eigenvalue weighted by Crippen LogP contribution is 2.45. The molecule has 0 fully saturated rings. The van der Waals surface area contributed by atoms with Crippen LogP contribution >= 0.6 is 0 Å². The van der Waals surface area contributed by atoms with Gasteiger partial charge in [-0.1, -0.05) is 425 Å². The first-order valence-electron chi connectivity index (χ1n) is 48.5. The van der Waals surface area contributed by atoms with Gasteiger partial charge in [-0.3, -0.25) is 13.7 Å². The molecule has 0 aliphatic rings. The van der Waals surface area contributed by atoms with Gasteiger partial charge in [-0.05, 0) is 144 Å². The summed E-state index contributed by atoms with van der Waals surface area (Å²) in [6.45, 7) is 0. The summed E-state index contributed by atoms with van der Waals surface area (Å²) < 4.78 is 6.83. The van der Waals surface area contributed by atoms with Crippen LogP contribution in [0.25, 0.3) is 262 Å². The average molecular weight is 1850 g/mol. The fourth-order valence-electron chi connectivity index (χ4n) is 20.0. The van der Waals surface area contributed by atoms with E-state index in [-0.39, 0.29) is 0 Å². The van der Waals surface area contributed by atoms with Gasteiger partial charge in [-0.25, -0.2) is 54.8 Å². The Hall–Kier alpha value is -19.8. The molecule has 0 unspecified atom stereocenters. The number of imidazole rings is 3. The highest BCUT2D eigenvalue weighted by molar-refractivity contribution is 6.23. The van der Waals surface area contributed by atoms with Crippen LogP contribution in [0.2, 0.25) is 0 Å². The van der Waals surface area contributed by atoms with Crippen LogP contribution in [0.1, 0.15) is 0 Å². The molecule has 0 saturated carbocycles. The van der Waals surface area contributed by atoms with Crippen molar-refractivity contribution < 1.29 is 0 Å². The molecule has 0 N–H and O–H groups in total. The molecule has 0 amide bonds. The molecule has 0 spiro atoms. The van der Waals surface area contributed by atoms with Gasteiger partial charge in [0.2, 0.25) is 0 Å². The topological polar surface area (TPSA) is 157 Å². The van der Waals surface area contributed by atoms with E-state index >= 15 is 0 Å². The number of rotatable bonds is 15. The summed E-state index contributed by atoms with van der Waals surface area (Å²) in [5.74, 6) is 7.23. The second kappa shape index (κ2) is 37.2. The van der Waals surface area contributed by atoms with Crippen molar-refractivity contribution in [3.63, 3.8) is 0 Å². The van der Waals surface area contributed by atoms with E-state index in [1.807, 2.05) is 158 Å². The van der Waals surface area contributed by atoms with E-state index in [1.165, 1.54) is 5.39 Å². The summed E-state index contributed by atoms with van der Waals surface area (Å²) in [5, 5.41) is 15.8. The van der Waals surface area contributed by atoms with Gasteiger partial charge < -0.3 is 0 Å². The van der Waals surface area contributed by atoms with Crippen LogP contribution in [0.4, 0.5) is 0 Å². The van der Waals surface area contributed by atoms with E-state index in [4.69, 9.17) is 54.8 Å². The van der Waals surface area contributed by atoms with E-state index in [9.17, 15) is 0 Å². The number of hydrogen-bond donors (Lipinski definition) is 0. The zero-order valence-corrected chi connectivity index (χ0v) is 78.3. The SMILES string of the molecule is c1ccc(-c2cc(-c3ccccc3)nc(-c3ccc4ccc5ccc6c(nc(-c7ccccc7)n6-c6ccccc6)c5c4c3)n2)cc1.c1ccc(-c2nc(-c3ccc4ccccc4c3)nc(-c3ccc4ccc5ccc6nc(-c7ccccc7)n(-c7ccccc7)c6c5c4c3)n2)cc1.c1ccc(-c2nc(-c3ccccc3)nc(-c3ccc4ccc5ccc6c(nc(-c7ccccc7)n6-c6ccccc6)c5c4c3)n2)cc1. The summed E-state index contributed by atoms with van der Waals surface area (Å²) in [4.78, 5) is 56.3. The second-order valence-corrected chi connectivity index (χ2v) is 36.0. The minimum atomic E-state index is 0.625. The quantitative estimate of drug-likeness (QED) is 0.0900. The molecule has 6 heterocycles. The summed E-state index contributed by atoms with van der Waals surface area (Å²) in [6, 6.07) is 176. The lowest BCUT2D eigenvalue weighted by molar-refractivity contribution is 1.07. The van der Waals surface area contributed by atoms with Crippen molar-refractivity contribution in [2.75, 3.05) is 0 Å². The summed E-state index contributed by atoms with van der Waals surface area (Å²) >= 11 is 0. The van der Waals surface area contributed by atoms with Crippen LogP contribution in [-0.4, -0.2) is 68.5 Å². The van der Waals surface area contributed by atoms with E-state index < -0.39 is 0 Å². The maximum atomic E-state index is 5.38. The third-order valence-corrected chi connectivity index (χ3v) is 27.0. The van der Waals surface area contributed by atoms with E-state index in [1.54, 1.807) is 0 Å². The van der Waals surface area contributed by atoms with Gasteiger partial charge in [-0.2, -0.15) is 0 Å². The number of aromatic nitrogens is 14. The number of benzene rings is 22. The number of nitrogens with zero attached hydrogens (tertiary/aromatic N) is 14. The molecule has 0 aliphatic heterocycles. The summed E-state index contributed by atoms with van der Waals surface area (Å²) in [5.41, 5.74) is 22.9. The zero-order chi connectivity index (χ0) is 96.0. The second-order valence-electron chi connectivity index (χ2n) is 36.0. The fraction of sp³-hybridized carbons (Fsp3) is 0. The Balaban J connectivity index is 0.000000111. The predicted molar refractivity (Wildman–Crippen MR) is 593 cm³/mol. The Morgan fingerprint density at radius 3 is 0.772 bits per heavy atom. The summed E-state index contributed by atoms with van der Waals surface area (Å²) in [6.07, 6.45) is 0. The Bertz CT molecular complexity index is 9290. The van der Waals surface area contributed by atoms with Crippen LogP contribution in [0, 0.1) is 0 Å². The van der Waals surface area contributed by atoms with Gasteiger partial charge in [0.15, 0.2) is 40.8 Å². The van der Waals surface area contributed by atoms with Crippen LogP contribution < -0.4 is 0 Å². The molecule has 6 aromatic heterocycles. The zero-order valence-electron chi connectivity index (χ0n) is 78.3. The highest BCUT2D eigenvalue weighted by Gasteiger charge is 2.26. The molecule has 0 aliphatic carbocycles. The molecule has 0 atom stereocenters. The normalized spacial score (nSPS) is 11.4. The molecule has 14 heteroatoms. The smallest absolute Gasteiger partial charge is 0.164 e. The van der Waals surface area contributed by atoms with Crippen LogP contribution in [0.3, 0.4) is 0 Å². The van der Waals surface area contributed by atoms with Gasteiger partial charge in [0.1, 0.15) is 17.5 Å². The third kappa shape index (κ3) is 16.3. The molecule has 678 valence electrons. The van der Waals surface area contributed by atoms with Crippen molar-refractivity contribution in [3.8, 4) is 153 Å². The lowest BCUT2D eigenvalue weighted by Gasteiger charge is -2.13. The Kier molecular flexibility index (Phi) is 21.9. The molecule has 0 radical (unpaired) electrons. The number of para-hydroxylation sites is 3. The van der Waals surface area contributed by atoms with Gasteiger partial charge in [0, 0.05) is 100.0 Å². The number of fused-ring (bicyclic) bond motifs is 16. The maximum absolute atomic E-state index is 5.38. The first kappa shape index (κ1) is 85.6. The Morgan fingerprint density at radius 2 is 0.400 bits per heavy atom. The highest BCUT2D eigenvalue weighted by atomic mass is 15.1. The average Bonchev–Trinajstić information content (AvgIpc) is 1.61. The number of hydrogen-bond acceptors (Lipinski definition) is 11. The summed E-state index contributed by atoms with van der Waals surface area (Å²) in [7, 11) is 0. The van der Waals surface area contributed by atoms with Gasteiger partial charge >= 0.3 is 0 Å². The standard InChI is InChI=1S/C46H29N5.C43H28N4.C42H27N5/c1-4-13-33(14-5-1)43-48-44(36-24-20-30-12-10-11-17-35(30)28-36)50-45(49-43)37-25-22-31-21-23-32-26-27-40-42(41(32)39(31)29-37)51(38-18-8-3-9-19-38)46(47-40)34-15-6-2-7-16-34;1-5-13-30(14-6-1)37-28-38(31-15-7-2-8-16-31)45-42(44-37)34-24-22-29-21-23-32-25-26-39-41(40(32)36(29)27-34)46-43(33-17-9-3-10-18-33)47(39)35-19-11-4-12-20-35;1-5-13-30(14-6-1)39-44-40(31-15-7-2-8-16-31)46-41(45-39)33-24-22-28-21-23-29-25-26-36-38(37(29)35(28)27-33)43-42(32-17-9-3-10-18-32)47(36)34-19-11-4-12-20-34/h1-29H;1-28H;1-27H. The van der Waals surface area contributed by atoms with Crippen molar-refractivity contribution >= 4 is 109 Å². The molecule has 28 aromatic rings. The molecular formula is C131H84N14. The largest absolute Gasteiger partial charge is 0.292 e. The first-order valence-corrected chi connectivity index (χ1v) is 48.5. The first-order chi connectivity index (χ1) is 71.9. The predicted octanol–water partition coefficient (Wildman–Crippen LogP) is 32.3. The monoisotopic (exact) mass is 1850 g/mol. The van der Waals surface area contributed by atoms with E-state index in [2.05, 4.69) is 366 Å². The van der Waals surface area contributed by atoms with Crippen LogP contribution in [0.5, 0.6) is 0 Å². The molecule has 0 saturated heterocycles. The van der Waals surface area contributed by atoms with Gasteiger partial charge in [-0.15, -0.1) is 0 Å². The minimum absolute atomic E-state index is 0.625. The van der Waals surface area contributed by atoms with Crippen molar-refractivity contribution in [1.29, 1.82) is 0 Å². The van der Waals surface area contributed by atoms with Crippen molar-refractivity contribution in [3.05, 3.63) is 510 Å². The Morgan fingerprint density at radius 1 is 0.145 bits per heavy atom. The van der Waals surface area contributed by atoms with E-state index in [0.29, 0.717) is 40.8 Å². The fourth-order valence-corrected chi connectivity index (χ4v) is 20.0. The van der Waals surface area contributed by atoms with Gasteiger partial charge in [0.05, 0.1) is 44.5 Å². The maximum Gasteiger partial charge on any atom is 0.164 e. The lowest BCUT2D eigenvalue weighted by Crippen LogP contribution is -2.00. The molecule has 14 nitrogen and oxygen atoms in total. The van der Waals surface area contributed by atoms with Crippen molar-refractivity contribution in [2.24, 2.45) is 0 Å². The third-order valence-electron chi connectivity index (χ3n) is 27.0. The van der Waals surface area contributed by atoms with Crippen molar-refractivity contribution in [1.82, 2.24) is 68.5 Å². The molecule has 145 heavy (non-hydrogen) atoms. The van der Waals surface area contributed by atoms with Crippen molar-refractivity contribution in [2.45, 2.75) is 0 Å². The molecule has 22 aromatic carbocycles. The Labute approximate surface area is 834 Å². The molecule has 0 bridgehead atoms. The molecular weight excluding hydrogens is 1770 g/mol. The van der Waals surface area contributed by atoms with Crippen LogP contribution in [-0.2, 0) is 0 Å². The lowest BCUT2D eigenvalue weighted by atomic mass is 9.98. The van der Waals surface area contributed by atoms with Crippen LogP contribution in [0.15, 0.2) is 510 Å².